The molecule has 0 atom stereocenters. The number of aromatic nitrogens is 3. The van der Waals surface area contributed by atoms with Crippen molar-refractivity contribution in [2.24, 2.45) is 0 Å². The normalized spacial score (nSPS) is 14.7. The Labute approximate surface area is 203 Å². The smallest absolute Gasteiger partial charge is 0.275 e. The highest BCUT2D eigenvalue weighted by molar-refractivity contribution is 9.10. The number of amides is 1. The van der Waals surface area contributed by atoms with Crippen LogP contribution in [0.15, 0.2) is 63.9 Å². The summed E-state index contributed by atoms with van der Waals surface area (Å²) in [5.74, 6) is 0.0494. The van der Waals surface area contributed by atoms with E-state index in [0.29, 0.717) is 30.2 Å². The van der Waals surface area contributed by atoms with E-state index in [1.54, 1.807) is 6.07 Å². The van der Waals surface area contributed by atoms with E-state index in [1.165, 1.54) is 15.9 Å². The van der Waals surface area contributed by atoms with Crippen LogP contribution in [0.3, 0.4) is 0 Å². The van der Waals surface area contributed by atoms with Gasteiger partial charge in [0.25, 0.3) is 11.5 Å². The maximum Gasteiger partial charge on any atom is 0.275 e. The van der Waals surface area contributed by atoms with Gasteiger partial charge in [-0.15, -0.1) is 0 Å². The Morgan fingerprint density at radius 2 is 1.79 bits per heavy atom. The SMILES string of the molecule is Cc1ccccc1-c1nn2c(=O)cc(CN3CCN(C(=O)c4ccc(Br)cc4)CC3)nc2s1. The molecule has 1 aliphatic rings. The number of hydrogen-bond acceptors (Lipinski definition) is 6. The summed E-state index contributed by atoms with van der Waals surface area (Å²) in [5, 5.41) is 5.28. The summed E-state index contributed by atoms with van der Waals surface area (Å²) in [6.45, 7) is 5.37. The molecule has 1 amide bonds. The van der Waals surface area contributed by atoms with Crippen LogP contribution >= 0.6 is 27.3 Å². The molecule has 1 fully saturated rings. The van der Waals surface area contributed by atoms with Crippen molar-refractivity contribution >= 4 is 38.1 Å². The molecule has 2 aromatic heterocycles. The van der Waals surface area contributed by atoms with Gasteiger partial charge in [-0.05, 0) is 36.8 Å². The molecule has 0 bridgehead atoms. The second-order valence-electron chi connectivity index (χ2n) is 8.08. The molecule has 0 radical (unpaired) electrons. The van der Waals surface area contributed by atoms with Crippen molar-refractivity contribution < 1.29 is 4.79 Å². The molecule has 4 aromatic rings. The van der Waals surface area contributed by atoms with Crippen LogP contribution in [0.25, 0.3) is 15.5 Å². The molecule has 1 aliphatic heterocycles. The largest absolute Gasteiger partial charge is 0.336 e. The summed E-state index contributed by atoms with van der Waals surface area (Å²) < 4.78 is 2.33. The highest BCUT2D eigenvalue weighted by Crippen LogP contribution is 2.27. The molecule has 0 spiro atoms. The summed E-state index contributed by atoms with van der Waals surface area (Å²) in [7, 11) is 0. The summed E-state index contributed by atoms with van der Waals surface area (Å²) >= 11 is 4.83. The molecule has 168 valence electrons. The van der Waals surface area contributed by atoms with Crippen LogP contribution in [-0.2, 0) is 6.54 Å². The molecule has 0 saturated carbocycles. The van der Waals surface area contributed by atoms with Gasteiger partial charge in [-0.2, -0.15) is 9.61 Å². The Hall–Kier alpha value is -2.88. The van der Waals surface area contributed by atoms with Crippen LogP contribution in [0.1, 0.15) is 21.6 Å². The summed E-state index contributed by atoms with van der Waals surface area (Å²) in [5.41, 5.74) is 3.38. The fraction of sp³-hybridized carbons (Fsp3) is 0.250. The molecule has 9 heteroatoms. The summed E-state index contributed by atoms with van der Waals surface area (Å²) in [4.78, 5) is 34.8. The third-order valence-electron chi connectivity index (χ3n) is 5.81. The number of rotatable bonds is 4. The average Bonchev–Trinajstić information content (AvgIpc) is 3.24. The van der Waals surface area contributed by atoms with E-state index in [2.05, 4.69) is 25.9 Å². The van der Waals surface area contributed by atoms with Gasteiger partial charge < -0.3 is 4.90 Å². The van der Waals surface area contributed by atoms with Crippen molar-refractivity contribution in [3.63, 3.8) is 0 Å². The predicted molar refractivity (Wildman–Crippen MR) is 133 cm³/mol. The molecule has 1 saturated heterocycles. The maximum absolute atomic E-state index is 12.7. The third-order valence-corrected chi connectivity index (χ3v) is 7.28. The van der Waals surface area contributed by atoms with E-state index in [4.69, 9.17) is 4.98 Å². The molecule has 0 unspecified atom stereocenters. The zero-order chi connectivity index (χ0) is 22.9. The number of halogens is 1. The first kappa shape index (κ1) is 21.9. The number of hydrogen-bond donors (Lipinski definition) is 0. The number of fused-ring (bicyclic) bond motifs is 1. The first-order chi connectivity index (χ1) is 16.0. The minimum Gasteiger partial charge on any atom is -0.336 e. The van der Waals surface area contributed by atoms with Gasteiger partial charge in [-0.25, -0.2) is 4.98 Å². The Bertz CT molecular complexity index is 1370. The van der Waals surface area contributed by atoms with Gasteiger partial charge >= 0.3 is 0 Å². The van der Waals surface area contributed by atoms with E-state index >= 15 is 0 Å². The zero-order valence-corrected chi connectivity index (χ0v) is 20.5. The van der Waals surface area contributed by atoms with Gasteiger partial charge in [0.1, 0.15) is 5.01 Å². The van der Waals surface area contributed by atoms with Crippen LogP contribution in [0, 0.1) is 6.92 Å². The Morgan fingerprint density at radius 1 is 1.06 bits per heavy atom. The highest BCUT2D eigenvalue weighted by Gasteiger charge is 2.23. The molecule has 33 heavy (non-hydrogen) atoms. The van der Waals surface area contributed by atoms with Gasteiger partial charge in [0, 0.05) is 54.4 Å². The predicted octanol–water partition coefficient (Wildman–Crippen LogP) is 3.85. The van der Waals surface area contributed by atoms with Crippen LogP contribution in [0.4, 0.5) is 0 Å². The summed E-state index contributed by atoms with van der Waals surface area (Å²) in [6, 6.07) is 17.0. The Morgan fingerprint density at radius 3 is 2.52 bits per heavy atom. The number of piperazine rings is 1. The highest BCUT2D eigenvalue weighted by atomic mass is 79.9. The molecular formula is C24H22BrN5O2S. The lowest BCUT2D eigenvalue weighted by atomic mass is 10.1. The first-order valence-corrected chi connectivity index (χ1v) is 12.3. The monoisotopic (exact) mass is 523 g/mol. The van der Waals surface area contributed by atoms with E-state index in [-0.39, 0.29) is 11.5 Å². The van der Waals surface area contributed by atoms with E-state index in [1.807, 2.05) is 60.4 Å². The topological polar surface area (TPSA) is 70.8 Å². The maximum atomic E-state index is 12.7. The zero-order valence-electron chi connectivity index (χ0n) is 18.1. The molecule has 3 heterocycles. The van der Waals surface area contributed by atoms with E-state index in [9.17, 15) is 9.59 Å². The summed E-state index contributed by atoms with van der Waals surface area (Å²) in [6.07, 6.45) is 0. The van der Waals surface area contributed by atoms with Crippen molar-refractivity contribution in [2.45, 2.75) is 13.5 Å². The molecule has 0 aliphatic carbocycles. The number of carbonyl (C=O) groups excluding carboxylic acids is 1. The first-order valence-electron chi connectivity index (χ1n) is 10.7. The lowest BCUT2D eigenvalue weighted by Crippen LogP contribution is -2.48. The number of benzene rings is 2. The van der Waals surface area contributed by atoms with Crippen molar-refractivity contribution in [3.05, 3.63) is 86.2 Å². The van der Waals surface area contributed by atoms with Crippen molar-refractivity contribution in [2.75, 3.05) is 26.2 Å². The molecule has 7 nitrogen and oxygen atoms in total. The molecule has 0 N–H and O–H groups in total. The van der Waals surface area contributed by atoms with Crippen molar-refractivity contribution in [3.8, 4) is 10.6 Å². The quantitative estimate of drug-likeness (QED) is 0.406. The molecular weight excluding hydrogens is 502 g/mol. The van der Waals surface area contributed by atoms with Gasteiger partial charge in [0.2, 0.25) is 4.96 Å². The molecule has 5 rings (SSSR count). The van der Waals surface area contributed by atoms with Crippen LogP contribution < -0.4 is 5.56 Å². The number of nitrogens with zero attached hydrogens (tertiary/aromatic N) is 5. The minimum absolute atomic E-state index is 0.0494. The average molecular weight is 524 g/mol. The second kappa shape index (κ2) is 9.17. The van der Waals surface area contributed by atoms with Gasteiger partial charge in [-0.3, -0.25) is 14.5 Å². The van der Waals surface area contributed by atoms with Gasteiger partial charge in [0.15, 0.2) is 0 Å². The fourth-order valence-corrected chi connectivity index (χ4v) is 5.25. The fourth-order valence-electron chi connectivity index (χ4n) is 3.97. The van der Waals surface area contributed by atoms with Crippen LogP contribution in [0.2, 0.25) is 0 Å². The standard InChI is InChI=1S/C24H22BrN5O2S/c1-16-4-2-3-5-20(16)22-27-30-21(31)14-19(26-24(30)33-22)15-28-10-12-29(13-11-28)23(32)17-6-8-18(25)9-7-17/h2-9,14H,10-13,15H2,1H3. The lowest BCUT2D eigenvalue weighted by molar-refractivity contribution is 0.0627. The number of carbonyl (C=O) groups is 1. The van der Waals surface area contributed by atoms with E-state index in [0.717, 1.165) is 39.4 Å². The van der Waals surface area contributed by atoms with Crippen molar-refractivity contribution in [1.82, 2.24) is 24.4 Å². The van der Waals surface area contributed by atoms with E-state index < -0.39 is 0 Å². The van der Waals surface area contributed by atoms with Crippen LogP contribution in [-0.4, -0.2) is 56.5 Å². The van der Waals surface area contributed by atoms with Crippen LogP contribution in [0.5, 0.6) is 0 Å². The van der Waals surface area contributed by atoms with Gasteiger partial charge in [0.05, 0.1) is 5.69 Å². The lowest BCUT2D eigenvalue weighted by Gasteiger charge is -2.34. The Balaban J connectivity index is 1.28. The third kappa shape index (κ3) is 4.62. The number of aryl methyl sites for hydroxylation is 1. The molecule has 2 aromatic carbocycles. The Kier molecular flexibility index (Phi) is 6.09. The van der Waals surface area contributed by atoms with Crippen molar-refractivity contribution in [1.29, 1.82) is 0 Å². The van der Waals surface area contributed by atoms with Gasteiger partial charge in [-0.1, -0.05) is 51.5 Å². The second-order valence-corrected chi connectivity index (χ2v) is 9.95. The minimum atomic E-state index is -0.171.